The molecule has 0 atom stereocenters. The van der Waals surface area contributed by atoms with E-state index in [0.717, 1.165) is 5.56 Å². The second kappa shape index (κ2) is 8.29. The first-order chi connectivity index (χ1) is 14.5. The summed E-state index contributed by atoms with van der Waals surface area (Å²) in [5.41, 5.74) is 1.47. The number of pyridine rings is 1. The summed E-state index contributed by atoms with van der Waals surface area (Å²) in [4.78, 5) is 31.1. The van der Waals surface area contributed by atoms with Gasteiger partial charge in [0, 0.05) is 17.6 Å². The van der Waals surface area contributed by atoms with Crippen LogP contribution in [0.25, 0.3) is 10.8 Å². The summed E-state index contributed by atoms with van der Waals surface area (Å²) < 4.78 is 2.83. The Morgan fingerprint density at radius 2 is 1.60 bits per heavy atom. The summed E-state index contributed by atoms with van der Waals surface area (Å²) in [6, 6.07) is 22.1. The van der Waals surface area contributed by atoms with Crippen molar-refractivity contribution in [1.82, 2.24) is 14.3 Å². The lowest BCUT2D eigenvalue weighted by Crippen LogP contribution is -2.32. The molecule has 0 radical (unpaired) electrons. The molecular weight excluding hydrogens is 376 g/mol. The minimum atomic E-state index is -0.326. The van der Waals surface area contributed by atoms with Crippen LogP contribution in [0.2, 0.25) is 0 Å². The number of nitrogens with zero attached hydrogens (tertiary/aromatic N) is 4. The molecule has 0 N–H and O–H groups in total. The molecule has 0 amide bonds. The lowest BCUT2D eigenvalue weighted by Gasteiger charge is -2.12. The maximum absolute atomic E-state index is 13.5. The second-order valence-electron chi connectivity index (χ2n) is 7.30. The van der Waals surface area contributed by atoms with Crippen molar-refractivity contribution in [2.24, 2.45) is 4.99 Å². The Morgan fingerprint density at radius 1 is 0.933 bits per heavy atom. The van der Waals surface area contributed by atoms with Crippen LogP contribution < -0.4 is 11.0 Å². The standard InChI is InChI=1S/C24H22N4O2/c1-17(2)25-21-14-8-9-15-27(21)24(30)22-19-12-6-7-13-20(19)23(29)28(26-22)16-18-10-4-3-5-11-18/h3-15,17H,16H2,1-2H3. The molecule has 2 aromatic heterocycles. The first-order valence-corrected chi connectivity index (χ1v) is 9.84. The quantitative estimate of drug-likeness (QED) is 0.530. The van der Waals surface area contributed by atoms with Crippen molar-refractivity contribution in [3.63, 3.8) is 0 Å². The average molecular weight is 398 g/mol. The lowest BCUT2D eigenvalue weighted by molar-refractivity contribution is 0.0949. The van der Waals surface area contributed by atoms with Crippen LogP contribution in [0.15, 0.2) is 88.8 Å². The van der Waals surface area contributed by atoms with Crippen molar-refractivity contribution in [2.45, 2.75) is 26.4 Å². The van der Waals surface area contributed by atoms with Gasteiger partial charge in [0.1, 0.15) is 5.49 Å². The van der Waals surface area contributed by atoms with Gasteiger partial charge in [-0.2, -0.15) is 5.10 Å². The topological polar surface area (TPSA) is 69.2 Å². The van der Waals surface area contributed by atoms with Gasteiger partial charge in [0.2, 0.25) is 0 Å². The van der Waals surface area contributed by atoms with Gasteiger partial charge in [-0.1, -0.05) is 54.6 Å². The third kappa shape index (κ3) is 3.85. The highest BCUT2D eigenvalue weighted by atomic mass is 16.2. The van der Waals surface area contributed by atoms with E-state index >= 15 is 0 Å². The van der Waals surface area contributed by atoms with E-state index < -0.39 is 0 Å². The predicted molar refractivity (Wildman–Crippen MR) is 116 cm³/mol. The minimum absolute atomic E-state index is 0.0307. The van der Waals surface area contributed by atoms with Crippen LogP contribution in [-0.2, 0) is 6.54 Å². The maximum atomic E-state index is 13.5. The number of fused-ring (bicyclic) bond motifs is 1. The summed E-state index contributed by atoms with van der Waals surface area (Å²) >= 11 is 0. The highest BCUT2D eigenvalue weighted by Gasteiger charge is 2.18. The zero-order valence-corrected chi connectivity index (χ0v) is 16.9. The van der Waals surface area contributed by atoms with Gasteiger partial charge < -0.3 is 0 Å². The fraction of sp³-hybridized carbons (Fsp3) is 0.167. The molecule has 0 spiro atoms. The van der Waals surface area contributed by atoms with Crippen molar-refractivity contribution in [3.8, 4) is 0 Å². The molecule has 4 rings (SSSR count). The Balaban J connectivity index is 1.92. The van der Waals surface area contributed by atoms with Gasteiger partial charge in [-0.25, -0.2) is 4.68 Å². The van der Waals surface area contributed by atoms with Gasteiger partial charge in [-0.15, -0.1) is 0 Å². The first-order valence-electron chi connectivity index (χ1n) is 9.84. The fourth-order valence-electron chi connectivity index (χ4n) is 3.35. The molecule has 0 aliphatic rings. The molecule has 0 unspecified atom stereocenters. The van der Waals surface area contributed by atoms with Crippen molar-refractivity contribution in [3.05, 3.63) is 106 Å². The number of carbonyl (C=O) groups is 1. The van der Waals surface area contributed by atoms with E-state index in [1.54, 1.807) is 42.6 Å². The molecule has 4 aromatic rings. The largest absolute Gasteiger partial charge is 0.284 e. The molecule has 6 nitrogen and oxygen atoms in total. The van der Waals surface area contributed by atoms with Crippen LogP contribution in [0.4, 0.5) is 0 Å². The van der Waals surface area contributed by atoms with E-state index in [1.807, 2.05) is 50.2 Å². The molecular formula is C24H22N4O2. The van der Waals surface area contributed by atoms with E-state index in [0.29, 0.717) is 16.3 Å². The number of carbonyl (C=O) groups excluding carboxylic acids is 1. The van der Waals surface area contributed by atoms with Crippen LogP contribution in [0.1, 0.15) is 29.9 Å². The predicted octanol–water partition coefficient (Wildman–Crippen LogP) is 3.24. The Morgan fingerprint density at radius 3 is 2.33 bits per heavy atom. The van der Waals surface area contributed by atoms with Gasteiger partial charge in [-0.3, -0.25) is 19.1 Å². The lowest BCUT2D eigenvalue weighted by atomic mass is 10.1. The molecule has 2 heterocycles. The summed E-state index contributed by atoms with van der Waals surface area (Å²) in [6.07, 6.45) is 1.67. The molecule has 150 valence electrons. The van der Waals surface area contributed by atoms with E-state index in [1.165, 1.54) is 9.25 Å². The summed E-state index contributed by atoms with van der Waals surface area (Å²) in [6.45, 7) is 4.19. The van der Waals surface area contributed by atoms with E-state index in [9.17, 15) is 9.59 Å². The highest BCUT2D eigenvalue weighted by Crippen LogP contribution is 2.15. The smallest absolute Gasteiger partial charge is 0.267 e. The number of aromatic nitrogens is 3. The number of rotatable bonds is 4. The Kier molecular flexibility index (Phi) is 5.39. The molecule has 6 heteroatoms. The van der Waals surface area contributed by atoms with E-state index in [-0.39, 0.29) is 29.7 Å². The van der Waals surface area contributed by atoms with Gasteiger partial charge >= 0.3 is 0 Å². The summed E-state index contributed by atoms with van der Waals surface area (Å²) in [5, 5.41) is 5.48. The van der Waals surface area contributed by atoms with Gasteiger partial charge in [0.05, 0.1) is 11.9 Å². The third-order valence-electron chi connectivity index (χ3n) is 4.69. The molecule has 0 fully saturated rings. The van der Waals surface area contributed by atoms with Gasteiger partial charge in [0.15, 0.2) is 5.69 Å². The minimum Gasteiger partial charge on any atom is -0.267 e. The highest BCUT2D eigenvalue weighted by molar-refractivity contribution is 6.05. The zero-order valence-electron chi connectivity index (χ0n) is 16.9. The van der Waals surface area contributed by atoms with Crippen LogP contribution in [0.5, 0.6) is 0 Å². The second-order valence-corrected chi connectivity index (χ2v) is 7.30. The van der Waals surface area contributed by atoms with Crippen LogP contribution in [0.3, 0.4) is 0 Å². The first kappa shape index (κ1) is 19.5. The van der Waals surface area contributed by atoms with Crippen molar-refractivity contribution in [2.75, 3.05) is 0 Å². The molecule has 0 bridgehead atoms. The van der Waals surface area contributed by atoms with Gasteiger partial charge in [0.25, 0.3) is 11.5 Å². The van der Waals surface area contributed by atoms with Crippen molar-refractivity contribution < 1.29 is 4.79 Å². The Hall–Kier alpha value is -3.80. The summed E-state index contributed by atoms with van der Waals surface area (Å²) in [5.74, 6) is -0.326. The van der Waals surface area contributed by atoms with Crippen LogP contribution in [0, 0.1) is 0 Å². The molecule has 0 aliphatic heterocycles. The Bertz CT molecular complexity index is 1330. The van der Waals surface area contributed by atoms with Crippen molar-refractivity contribution in [1.29, 1.82) is 0 Å². The Labute approximate surface area is 173 Å². The van der Waals surface area contributed by atoms with E-state index in [4.69, 9.17) is 0 Å². The maximum Gasteiger partial charge on any atom is 0.284 e. The zero-order chi connectivity index (χ0) is 21.1. The van der Waals surface area contributed by atoms with Crippen molar-refractivity contribution >= 4 is 16.7 Å². The molecule has 0 saturated carbocycles. The monoisotopic (exact) mass is 398 g/mol. The molecule has 30 heavy (non-hydrogen) atoms. The van der Waals surface area contributed by atoms with Gasteiger partial charge in [-0.05, 0) is 37.6 Å². The SMILES string of the molecule is CC(C)N=c1ccccn1C(=O)c1nn(Cc2ccccc2)c(=O)c2ccccc12. The van der Waals surface area contributed by atoms with Crippen LogP contribution >= 0.6 is 0 Å². The average Bonchev–Trinajstić information content (AvgIpc) is 2.76. The molecule has 0 aliphatic carbocycles. The number of benzene rings is 2. The fourth-order valence-corrected chi connectivity index (χ4v) is 3.35. The normalized spacial score (nSPS) is 11.9. The van der Waals surface area contributed by atoms with E-state index in [2.05, 4.69) is 10.1 Å². The number of hydrogen-bond donors (Lipinski definition) is 0. The van der Waals surface area contributed by atoms with Crippen LogP contribution in [-0.4, -0.2) is 26.3 Å². The molecule has 0 saturated heterocycles. The third-order valence-corrected chi connectivity index (χ3v) is 4.69. The summed E-state index contributed by atoms with van der Waals surface area (Å²) in [7, 11) is 0. The molecule has 2 aromatic carbocycles. The number of hydrogen-bond acceptors (Lipinski definition) is 4.